The van der Waals surface area contributed by atoms with Gasteiger partial charge in [0.2, 0.25) is 0 Å². The Morgan fingerprint density at radius 1 is 1.31 bits per heavy atom. The van der Waals surface area contributed by atoms with Gasteiger partial charge in [-0.2, -0.15) is 0 Å². The predicted octanol–water partition coefficient (Wildman–Crippen LogP) is 1.47. The van der Waals surface area contributed by atoms with Crippen molar-refractivity contribution in [1.82, 2.24) is 20.2 Å². The average molecular weight is 222 g/mol. The van der Waals surface area contributed by atoms with E-state index in [4.69, 9.17) is 0 Å². The molecule has 0 aliphatic heterocycles. The normalized spacial score (nSPS) is 13.0. The highest BCUT2D eigenvalue weighted by atomic mass is 15.1. The Labute approximate surface area is 98.1 Å². The van der Waals surface area contributed by atoms with Crippen LogP contribution in [-0.2, 0) is 0 Å². The molecule has 90 valence electrons. The topological polar surface area (TPSA) is 41.0 Å². The first-order valence-corrected chi connectivity index (χ1v) is 5.97. The molecule has 0 aliphatic carbocycles. The predicted molar refractivity (Wildman–Crippen MR) is 66.2 cm³/mol. The summed E-state index contributed by atoms with van der Waals surface area (Å²) in [5, 5.41) is 3.29. The third-order valence-corrected chi connectivity index (χ3v) is 2.92. The third-order valence-electron chi connectivity index (χ3n) is 2.92. The Kier molecular flexibility index (Phi) is 5.96. The fraction of sp³-hybridized carbons (Fsp3) is 0.667. The molecule has 1 heterocycles. The smallest absolute Gasteiger partial charge is 0.0756 e. The van der Waals surface area contributed by atoms with Crippen molar-refractivity contribution in [2.75, 3.05) is 26.7 Å². The minimum atomic E-state index is 0.300. The van der Waals surface area contributed by atoms with Crippen molar-refractivity contribution in [2.24, 2.45) is 0 Å². The number of hydrogen-bond acceptors (Lipinski definition) is 4. The molecule has 1 unspecified atom stereocenters. The molecule has 16 heavy (non-hydrogen) atoms. The first-order chi connectivity index (χ1) is 7.81. The van der Waals surface area contributed by atoms with Crippen LogP contribution in [0.1, 0.15) is 32.0 Å². The monoisotopic (exact) mass is 222 g/mol. The third kappa shape index (κ3) is 3.87. The highest BCUT2D eigenvalue weighted by Crippen LogP contribution is 2.12. The lowest BCUT2D eigenvalue weighted by molar-refractivity contribution is 0.283. The zero-order chi connectivity index (χ0) is 11.8. The van der Waals surface area contributed by atoms with Crippen LogP contribution in [0.3, 0.4) is 0 Å². The van der Waals surface area contributed by atoms with E-state index in [2.05, 4.69) is 34.0 Å². The van der Waals surface area contributed by atoms with Crippen LogP contribution in [0, 0.1) is 0 Å². The van der Waals surface area contributed by atoms with Gasteiger partial charge in [0.05, 0.1) is 11.7 Å². The second-order valence-electron chi connectivity index (χ2n) is 3.79. The molecule has 0 amide bonds. The van der Waals surface area contributed by atoms with Crippen molar-refractivity contribution in [1.29, 1.82) is 0 Å². The van der Waals surface area contributed by atoms with Crippen molar-refractivity contribution >= 4 is 0 Å². The van der Waals surface area contributed by atoms with Gasteiger partial charge in [-0.1, -0.05) is 13.8 Å². The van der Waals surface area contributed by atoms with E-state index in [9.17, 15) is 0 Å². The minimum absolute atomic E-state index is 0.300. The first-order valence-electron chi connectivity index (χ1n) is 5.97. The number of nitrogens with one attached hydrogen (secondary N) is 1. The molecule has 0 fully saturated rings. The Morgan fingerprint density at radius 3 is 2.56 bits per heavy atom. The molecule has 0 aromatic carbocycles. The van der Waals surface area contributed by atoms with E-state index >= 15 is 0 Å². The molecule has 1 N–H and O–H groups in total. The Morgan fingerprint density at radius 2 is 2.06 bits per heavy atom. The summed E-state index contributed by atoms with van der Waals surface area (Å²) >= 11 is 0. The number of hydrogen-bond donors (Lipinski definition) is 1. The molecule has 1 aromatic rings. The first kappa shape index (κ1) is 13.1. The molecule has 1 atom stereocenters. The van der Waals surface area contributed by atoms with E-state index in [1.54, 1.807) is 12.4 Å². The van der Waals surface area contributed by atoms with Crippen LogP contribution in [0.4, 0.5) is 0 Å². The van der Waals surface area contributed by atoms with Crippen LogP contribution >= 0.6 is 0 Å². The van der Waals surface area contributed by atoms with Crippen molar-refractivity contribution in [2.45, 2.75) is 26.3 Å². The summed E-state index contributed by atoms with van der Waals surface area (Å²) in [7, 11) is 1.97. The van der Waals surface area contributed by atoms with Gasteiger partial charge in [-0.15, -0.1) is 0 Å². The number of nitrogens with zero attached hydrogens (tertiary/aromatic N) is 3. The molecule has 1 aromatic heterocycles. The summed E-state index contributed by atoms with van der Waals surface area (Å²) in [6.45, 7) is 7.69. The molecule has 0 saturated heterocycles. The summed E-state index contributed by atoms with van der Waals surface area (Å²) in [4.78, 5) is 10.9. The van der Waals surface area contributed by atoms with Crippen LogP contribution in [0.5, 0.6) is 0 Å². The lowest BCUT2D eigenvalue weighted by atomic mass is 10.1. The number of aromatic nitrogens is 2. The molecule has 0 spiro atoms. The maximum absolute atomic E-state index is 4.34. The van der Waals surface area contributed by atoms with E-state index in [1.165, 1.54) is 0 Å². The molecule has 0 aliphatic rings. The van der Waals surface area contributed by atoms with Crippen LogP contribution in [-0.4, -0.2) is 41.5 Å². The molecular formula is C12H22N4. The van der Waals surface area contributed by atoms with Gasteiger partial charge in [-0.3, -0.25) is 9.97 Å². The van der Waals surface area contributed by atoms with E-state index in [0.29, 0.717) is 6.04 Å². The fourth-order valence-corrected chi connectivity index (χ4v) is 1.78. The molecule has 0 radical (unpaired) electrons. The lowest BCUT2D eigenvalue weighted by Gasteiger charge is -2.21. The van der Waals surface area contributed by atoms with E-state index in [0.717, 1.165) is 31.7 Å². The van der Waals surface area contributed by atoms with Crippen LogP contribution < -0.4 is 5.32 Å². The fourth-order valence-electron chi connectivity index (χ4n) is 1.78. The summed E-state index contributed by atoms with van der Waals surface area (Å²) in [5.74, 6) is 0. The van der Waals surface area contributed by atoms with Gasteiger partial charge in [0.1, 0.15) is 0 Å². The molecule has 1 rings (SSSR count). The molecule has 0 bridgehead atoms. The largest absolute Gasteiger partial charge is 0.312 e. The van der Waals surface area contributed by atoms with Crippen LogP contribution in [0.25, 0.3) is 0 Å². The van der Waals surface area contributed by atoms with Gasteiger partial charge in [0.15, 0.2) is 0 Å². The standard InChI is InChI=1S/C12H22N4/c1-4-16(5-2)9-6-11(13-3)12-10-14-7-8-15-12/h7-8,10-11,13H,4-6,9H2,1-3H3. The number of rotatable bonds is 7. The molecule has 4 heteroatoms. The Balaban J connectivity index is 2.50. The summed E-state index contributed by atoms with van der Waals surface area (Å²) in [6.07, 6.45) is 6.36. The highest BCUT2D eigenvalue weighted by Gasteiger charge is 2.11. The van der Waals surface area contributed by atoms with E-state index in [-0.39, 0.29) is 0 Å². The Bertz CT molecular complexity index is 272. The van der Waals surface area contributed by atoms with E-state index in [1.807, 2.05) is 13.2 Å². The van der Waals surface area contributed by atoms with Gasteiger partial charge in [0.25, 0.3) is 0 Å². The van der Waals surface area contributed by atoms with Crippen molar-refractivity contribution in [3.05, 3.63) is 24.3 Å². The van der Waals surface area contributed by atoms with Gasteiger partial charge >= 0.3 is 0 Å². The second kappa shape index (κ2) is 7.30. The SMILES string of the molecule is CCN(CC)CCC(NC)c1cnccn1. The Hall–Kier alpha value is -1.00. The second-order valence-corrected chi connectivity index (χ2v) is 3.79. The molecular weight excluding hydrogens is 200 g/mol. The zero-order valence-corrected chi connectivity index (χ0v) is 10.5. The summed E-state index contributed by atoms with van der Waals surface area (Å²) < 4.78 is 0. The maximum atomic E-state index is 4.34. The van der Waals surface area contributed by atoms with Gasteiger partial charge in [-0.25, -0.2) is 0 Å². The van der Waals surface area contributed by atoms with Gasteiger partial charge in [0, 0.05) is 18.6 Å². The summed E-state index contributed by atoms with van der Waals surface area (Å²) in [6, 6.07) is 0.300. The lowest BCUT2D eigenvalue weighted by Crippen LogP contribution is -2.28. The molecule has 0 saturated carbocycles. The van der Waals surface area contributed by atoms with E-state index < -0.39 is 0 Å². The summed E-state index contributed by atoms with van der Waals surface area (Å²) in [5.41, 5.74) is 1.03. The highest BCUT2D eigenvalue weighted by molar-refractivity contribution is 5.01. The average Bonchev–Trinajstić information content (AvgIpc) is 2.36. The zero-order valence-electron chi connectivity index (χ0n) is 10.5. The quantitative estimate of drug-likeness (QED) is 0.758. The van der Waals surface area contributed by atoms with Crippen LogP contribution in [0.15, 0.2) is 18.6 Å². The minimum Gasteiger partial charge on any atom is -0.312 e. The van der Waals surface area contributed by atoms with Crippen molar-refractivity contribution < 1.29 is 0 Å². The maximum Gasteiger partial charge on any atom is 0.0756 e. The van der Waals surface area contributed by atoms with Gasteiger partial charge in [-0.05, 0) is 33.1 Å². The van der Waals surface area contributed by atoms with Crippen LogP contribution in [0.2, 0.25) is 0 Å². The van der Waals surface area contributed by atoms with Crippen molar-refractivity contribution in [3.63, 3.8) is 0 Å². The van der Waals surface area contributed by atoms with Gasteiger partial charge < -0.3 is 10.2 Å². The molecule has 4 nitrogen and oxygen atoms in total. The van der Waals surface area contributed by atoms with Crippen molar-refractivity contribution in [3.8, 4) is 0 Å².